The maximum Gasteiger partial charge on any atom is 0.322 e. The molecule has 0 radical (unpaired) electrons. The number of hydrogen-bond acceptors (Lipinski definition) is 3. The van der Waals surface area contributed by atoms with Gasteiger partial charge in [0.05, 0.1) is 22.6 Å². The third kappa shape index (κ3) is 4.94. The Hall–Kier alpha value is -4.00. The number of aromatic nitrogens is 2. The average molecular weight is 473 g/mol. The van der Waals surface area contributed by atoms with Gasteiger partial charge in [-0.2, -0.15) is 0 Å². The van der Waals surface area contributed by atoms with Gasteiger partial charge in [-0.3, -0.25) is 9.36 Å². The summed E-state index contributed by atoms with van der Waals surface area (Å²) in [7, 11) is 0. The molecule has 1 atom stereocenters. The number of benzene rings is 3. The van der Waals surface area contributed by atoms with Gasteiger partial charge in [0.2, 0.25) is 0 Å². The van der Waals surface area contributed by atoms with Gasteiger partial charge < -0.3 is 10.2 Å². The van der Waals surface area contributed by atoms with E-state index in [1.54, 1.807) is 33.7 Å². The molecule has 0 spiro atoms. The summed E-state index contributed by atoms with van der Waals surface area (Å²) in [5, 5.41) is 3.29. The highest BCUT2D eigenvalue weighted by Gasteiger charge is 2.27. The van der Waals surface area contributed by atoms with Crippen LogP contribution in [0.15, 0.2) is 71.5 Å². The lowest BCUT2D eigenvalue weighted by molar-refractivity contribution is 0.189. The van der Waals surface area contributed by atoms with Crippen LogP contribution in [0.1, 0.15) is 43.3 Å². The van der Waals surface area contributed by atoms with Crippen molar-refractivity contribution < 1.29 is 9.18 Å². The monoisotopic (exact) mass is 472 g/mol. The van der Waals surface area contributed by atoms with Crippen LogP contribution in [0.3, 0.4) is 0 Å². The van der Waals surface area contributed by atoms with Crippen molar-refractivity contribution in [3.63, 3.8) is 0 Å². The van der Waals surface area contributed by atoms with Crippen molar-refractivity contribution in [2.24, 2.45) is 0 Å². The first-order valence-corrected chi connectivity index (χ1v) is 11.7. The van der Waals surface area contributed by atoms with Crippen LogP contribution in [0.5, 0.6) is 0 Å². The molecule has 1 N–H and O–H groups in total. The van der Waals surface area contributed by atoms with Crippen LogP contribution in [0, 0.1) is 19.7 Å². The number of nitrogens with one attached hydrogen (secondary N) is 1. The Morgan fingerprint density at radius 2 is 1.86 bits per heavy atom. The van der Waals surface area contributed by atoms with Crippen LogP contribution in [0.4, 0.5) is 14.9 Å². The quantitative estimate of drug-likeness (QED) is 0.366. The first-order valence-electron chi connectivity index (χ1n) is 11.7. The number of amides is 2. The fourth-order valence-corrected chi connectivity index (χ4v) is 4.24. The summed E-state index contributed by atoms with van der Waals surface area (Å²) in [4.78, 5) is 33.6. The van der Waals surface area contributed by atoms with E-state index in [-0.39, 0.29) is 11.6 Å². The van der Waals surface area contributed by atoms with E-state index < -0.39 is 11.9 Å². The Balaban J connectivity index is 1.86. The van der Waals surface area contributed by atoms with E-state index in [1.165, 1.54) is 12.1 Å². The van der Waals surface area contributed by atoms with Gasteiger partial charge in [0.15, 0.2) is 0 Å². The fraction of sp³-hybridized carbons (Fsp3) is 0.250. The van der Waals surface area contributed by atoms with E-state index in [9.17, 15) is 14.0 Å². The topological polar surface area (TPSA) is 67.2 Å². The molecule has 0 bridgehead atoms. The molecule has 0 aliphatic heterocycles. The smallest absolute Gasteiger partial charge is 0.315 e. The number of carbonyl (C=O) groups is 1. The highest BCUT2D eigenvalue weighted by atomic mass is 19.1. The van der Waals surface area contributed by atoms with E-state index in [1.807, 2.05) is 58.0 Å². The molecule has 7 heteroatoms. The summed E-state index contributed by atoms with van der Waals surface area (Å²) in [5.74, 6) is 0.0306. The van der Waals surface area contributed by atoms with Crippen LogP contribution in [-0.2, 0) is 0 Å². The maximum atomic E-state index is 13.8. The number of para-hydroxylation sites is 1. The zero-order chi connectivity index (χ0) is 25.1. The number of rotatable bonds is 6. The van der Waals surface area contributed by atoms with Crippen LogP contribution in [0.25, 0.3) is 16.6 Å². The van der Waals surface area contributed by atoms with Crippen molar-refractivity contribution in [1.82, 2.24) is 14.5 Å². The second kappa shape index (κ2) is 10.1. The number of fused-ring (bicyclic) bond motifs is 1. The minimum Gasteiger partial charge on any atom is -0.315 e. The zero-order valence-electron chi connectivity index (χ0n) is 20.4. The van der Waals surface area contributed by atoms with Crippen molar-refractivity contribution in [2.45, 2.75) is 40.2 Å². The Labute approximate surface area is 204 Å². The van der Waals surface area contributed by atoms with Crippen LogP contribution >= 0.6 is 0 Å². The molecule has 6 nitrogen and oxygen atoms in total. The molecule has 0 saturated carbocycles. The molecule has 180 valence electrons. The van der Waals surface area contributed by atoms with Crippen LogP contribution < -0.4 is 10.9 Å². The zero-order valence-corrected chi connectivity index (χ0v) is 20.4. The predicted octanol–water partition coefficient (Wildman–Crippen LogP) is 6.15. The molecule has 1 heterocycles. The molecule has 2 amide bonds. The number of halogens is 1. The van der Waals surface area contributed by atoms with Crippen LogP contribution in [0.2, 0.25) is 0 Å². The Bertz CT molecular complexity index is 1450. The van der Waals surface area contributed by atoms with Gasteiger partial charge in [0.1, 0.15) is 11.6 Å². The van der Waals surface area contributed by atoms with Crippen LogP contribution in [-0.4, -0.2) is 27.0 Å². The molecule has 0 aliphatic rings. The molecule has 0 fully saturated rings. The average Bonchev–Trinajstić information content (AvgIpc) is 2.84. The predicted molar refractivity (Wildman–Crippen MR) is 138 cm³/mol. The van der Waals surface area contributed by atoms with Crippen molar-refractivity contribution >= 4 is 22.6 Å². The second-order valence-electron chi connectivity index (χ2n) is 8.73. The van der Waals surface area contributed by atoms with Gasteiger partial charge in [-0.25, -0.2) is 14.2 Å². The maximum absolute atomic E-state index is 13.8. The van der Waals surface area contributed by atoms with Crippen molar-refractivity contribution in [3.8, 4) is 5.69 Å². The van der Waals surface area contributed by atoms with Gasteiger partial charge in [0.25, 0.3) is 5.56 Å². The summed E-state index contributed by atoms with van der Waals surface area (Å²) in [6.07, 6.45) is 0.697. The molecule has 0 saturated heterocycles. The third-order valence-electron chi connectivity index (χ3n) is 6.05. The first kappa shape index (κ1) is 24.1. The van der Waals surface area contributed by atoms with Gasteiger partial charge in [-0.1, -0.05) is 37.3 Å². The molecule has 35 heavy (non-hydrogen) atoms. The fourth-order valence-electron chi connectivity index (χ4n) is 4.24. The summed E-state index contributed by atoms with van der Waals surface area (Å²) in [5.41, 5.74) is 3.42. The Morgan fingerprint density at radius 3 is 2.60 bits per heavy atom. The van der Waals surface area contributed by atoms with E-state index in [0.717, 1.165) is 16.8 Å². The molecule has 1 aromatic heterocycles. The molecular weight excluding hydrogens is 443 g/mol. The largest absolute Gasteiger partial charge is 0.322 e. The molecule has 4 rings (SSSR count). The standard InChI is InChI=1S/C28H29FN4O2/c1-5-15-32(28(35)30-22-10-8-9-21(29)17-22)20(4)26-31-24-12-7-6-11-23(24)27(34)33(26)25-16-18(2)13-14-19(25)3/h6-14,16-17,20H,5,15H2,1-4H3,(H,30,35). The highest BCUT2D eigenvalue weighted by molar-refractivity contribution is 5.89. The van der Waals surface area contributed by atoms with E-state index >= 15 is 0 Å². The SMILES string of the molecule is CCCN(C(=O)Nc1cccc(F)c1)C(C)c1nc2ccccc2c(=O)n1-c1cc(C)ccc1C. The minimum atomic E-state index is -0.541. The van der Waals surface area contributed by atoms with Crippen molar-refractivity contribution in [1.29, 1.82) is 0 Å². The van der Waals surface area contributed by atoms with Gasteiger partial charge >= 0.3 is 6.03 Å². The molecule has 3 aromatic carbocycles. The van der Waals surface area contributed by atoms with Gasteiger partial charge in [0, 0.05) is 12.2 Å². The Kier molecular flexibility index (Phi) is 6.96. The number of hydrogen-bond donors (Lipinski definition) is 1. The number of aryl methyl sites for hydroxylation is 2. The first-order chi connectivity index (χ1) is 16.8. The van der Waals surface area contributed by atoms with Crippen molar-refractivity contribution in [2.75, 3.05) is 11.9 Å². The second-order valence-corrected chi connectivity index (χ2v) is 8.73. The van der Waals surface area contributed by atoms with Gasteiger partial charge in [-0.05, 0) is 74.7 Å². The van der Waals surface area contributed by atoms with E-state index in [4.69, 9.17) is 4.98 Å². The van der Waals surface area contributed by atoms with Crippen molar-refractivity contribution in [3.05, 3.63) is 99.9 Å². The normalized spacial score (nSPS) is 11.9. The van der Waals surface area contributed by atoms with Gasteiger partial charge in [-0.15, -0.1) is 0 Å². The molecule has 1 unspecified atom stereocenters. The number of carbonyl (C=O) groups excluding carboxylic acids is 1. The molecule has 4 aromatic rings. The molecule has 0 aliphatic carbocycles. The summed E-state index contributed by atoms with van der Waals surface area (Å²) < 4.78 is 15.3. The lowest BCUT2D eigenvalue weighted by Crippen LogP contribution is -2.40. The summed E-state index contributed by atoms with van der Waals surface area (Å²) >= 11 is 0. The highest BCUT2D eigenvalue weighted by Crippen LogP contribution is 2.26. The lowest BCUT2D eigenvalue weighted by atomic mass is 10.1. The number of urea groups is 1. The summed E-state index contributed by atoms with van der Waals surface area (Å²) in [6.45, 7) is 8.18. The summed E-state index contributed by atoms with van der Waals surface area (Å²) in [6, 6.07) is 18.0. The van der Waals surface area contributed by atoms with E-state index in [0.29, 0.717) is 35.4 Å². The molecular formula is C28H29FN4O2. The third-order valence-corrected chi connectivity index (χ3v) is 6.05. The lowest BCUT2D eigenvalue weighted by Gasteiger charge is -2.30. The number of nitrogens with zero attached hydrogens (tertiary/aromatic N) is 3. The minimum absolute atomic E-state index is 0.187. The Morgan fingerprint density at radius 1 is 1.09 bits per heavy atom. The van der Waals surface area contributed by atoms with E-state index in [2.05, 4.69) is 5.32 Å². The number of anilines is 1.